The smallest absolute Gasteiger partial charge is 0.00825 e. The van der Waals surface area contributed by atoms with Gasteiger partial charge in [-0.25, -0.2) is 0 Å². The number of allylic oxidation sites excluding steroid dienone is 4. The van der Waals surface area contributed by atoms with E-state index in [0.717, 1.165) is 6.42 Å². The minimum Gasteiger partial charge on any atom is -0.327 e. The van der Waals surface area contributed by atoms with Gasteiger partial charge in [0.2, 0.25) is 0 Å². The molecule has 2 unspecified atom stereocenters. The molecule has 1 heteroatoms. The first-order chi connectivity index (χ1) is 9.16. The largest absolute Gasteiger partial charge is 0.327 e. The van der Waals surface area contributed by atoms with E-state index in [9.17, 15) is 0 Å². The summed E-state index contributed by atoms with van der Waals surface area (Å²) in [5.41, 5.74) is 13.2. The fourth-order valence-electron chi connectivity index (χ4n) is 2.30. The zero-order chi connectivity index (χ0) is 13.7. The molecule has 19 heavy (non-hydrogen) atoms. The fraction of sp³-hybridized carbons (Fsp3) is 0.278. The van der Waals surface area contributed by atoms with Crippen LogP contribution in [-0.2, 0) is 6.42 Å². The molecule has 1 aromatic rings. The van der Waals surface area contributed by atoms with Crippen LogP contribution in [0.5, 0.6) is 0 Å². The highest BCUT2D eigenvalue weighted by atomic mass is 14.6. The van der Waals surface area contributed by atoms with Gasteiger partial charge in [0.05, 0.1) is 0 Å². The summed E-state index contributed by atoms with van der Waals surface area (Å²) >= 11 is 0. The van der Waals surface area contributed by atoms with Gasteiger partial charge in [0.1, 0.15) is 0 Å². The van der Waals surface area contributed by atoms with Crippen LogP contribution in [0.1, 0.15) is 18.1 Å². The molecule has 98 valence electrons. The molecule has 2 N–H and O–H groups in total. The number of hydrogen-bond acceptors (Lipinski definition) is 1. The van der Waals surface area contributed by atoms with Crippen molar-refractivity contribution in [2.75, 3.05) is 0 Å². The molecule has 0 fully saturated rings. The highest BCUT2D eigenvalue weighted by Crippen LogP contribution is 2.22. The summed E-state index contributed by atoms with van der Waals surface area (Å²) in [5, 5.41) is 0. The predicted octanol–water partition coefficient (Wildman–Crippen LogP) is 3.71. The second-order valence-electron chi connectivity index (χ2n) is 5.18. The van der Waals surface area contributed by atoms with Gasteiger partial charge in [-0.2, -0.15) is 0 Å². The number of rotatable bonds is 4. The van der Waals surface area contributed by atoms with E-state index in [1.165, 1.54) is 16.7 Å². The molecule has 0 heterocycles. The van der Waals surface area contributed by atoms with Gasteiger partial charge in [0.15, 0.2) is 0 Å². The summed E-state index contributed by atoms with van der Waals surface area (Å²) in [5.74, 6) is 0.337. The normalized spacial score (nSPS) is 16.9. The number of hydrogen-bond donors (Lipinski definition) is 1. The lowest BCUT2D eigenvalue weighted by atomic mass is 9.86. The molecule has 2 atom stereocenters. The van der Waals surface area contributed by atoms with Crippen LogP contribution < -0.4 is 5.73 Å². The quantitative estimate of drug-likeness (QED) is 0.811. The Bertz CT molecular complexity index is 538. The summed E-state index contributed by atoms with van der Waals surface area (Å²) in [6.45, 7) is 4.19. The molecule has 0 bridgehead atoms. The molecule has 1 aromatic carbocycles. The Kier molecular flexibility index (Phi) is 4.57. The van der Waals surface area contributed by atoms with E-state index in [1.807, 2.05) is 18.2 Å². The van der Waals surface area contributed by atoms with Gasteiger partial charge in [-0.3, -0.25) is 0 Å². The lowest BCUT2D eigenvalue weighted by molar-refractivity contribution is 0.515. The molecule has 0 spiro atoms. The molecule has 0 saturated heterocycles. The van der Waals surface area contributed by atoms with Crippen molar-refractivity contribution in [2.24, 2.45) is 11.7 Å². The maximum Gasteiger partial charge on any atom is 0.00825 e. The van der Waals surface area contributed by atoms with Gasteiger partial charge in [0, 0.05) is 12.0 Å². The van der Waals surface area contributed by atoms with E-state index < -0.39 is 0 Å². The van der Waals surface area contributed by atoms with E-state index in [2.05, 4.69) is 56.0 Å². The maximum absolute atomic E-state index is 6.18. The third-order valence-electron chi connectivity index (χ3n) is 3.49. The Hall–Kier alpha value is -1.82. The minimum atomic E-state index is 0.128. The molecule has 0 aromatic heterocycles. The first-order valence-electron chi connectivity index (χ1n) is 6.77. The summed E-state index contributed by atoms with van der Waals surface area (Å²) in [6.07, 6.45) is 11.1. The Morgan fingerprint density at radius 2 is 1.89 bits per heavy atom. The van der Waals surface area contributed by atoms with E-state index in [1.54, 1.807) is 0 Å². The SMILES string of the molecule is Cc1ccc(CC(C2=CC=C=CC=C2)C(C)N)cc1. The third kappa shape index (κ3) is 3.82. The second-order valence-corrected chi connectivity index (χ2v) is 5.18. The molecular formula is C18H21N. The summed E-state index contributed by atoms with van der Waals surface area (Å²) in [7, 11) is 0. The van der Waals surface area contributed by atoms with Crippen molar-refractivity contribution in [3.05, 3.63) is 77.1 Å². The molecule has 0 aliphatic heterocycles. The van der Waals surface area contributed by atoms with Gasteiger partial charge < -0.3 is 5.73 Å². The number of aryl methyl sites for hydroxylation is 1. The van der Waals surface area contributed by atoms with Crippen molar-refractivity contribution in [1.82, 2.24) is 0 Å². The number of benzene rings is 1. The zero-order valence-electron chi connectivity index (χ0n) is 11.6. The van der Waals surface area contributed by atoms with Crippen LogP contribution in [0.3, 0.4) is 0 Å². The molecule has 1 aliphatic carbocycles. The first-order valence-corrected chi connectivity index (χ1v) is 6.77. The van der Waals surface area contributed by atoms with Gasteiger partial charge in [-0.1, -0.05) is 48.1 Å². The Morgan fingerprint density at radius 3 is 2.58 bits per heavy atom. The molecule has 1 nitrogen and oxygen atoms in total. The topological polar surface area (TPSA) is 26.0 Å². The van der Waals surface area contributed by atoms with E-state index in [4.69, 9.17) is 5.73 Å². The van der Waals surface area contributed by atoms with E-state index >= 15 is 0 Å². The highest BCUT2D eigenvalue weighted by molar-refractivity contribution is 5.34. The van der Waals surface area contributed by atoms with E-state index in [-0.39, 0.29) is 6.04 Å². The van der Waals surface area contributed by atoms with Crippen molar-refractivity contribution in [3.8, 4) is 0 Å². The standard InChI is InChI=1S/C18H21N/c1-14-9-11-16(12-10-14)13-18(15(2)19)17-7-5-3-4-6-8-17/h3,5-12,15,18H,13,19H2,1-2H3. The van der Waals surface area contributed by atoms with Crippen molar-refractivity contribution in [1.29, 1.82) is 0 Å². The number of nitrogens with two attached hydrogens (primary N) is 1. The molecule has 2 rings (SSSR count). The van der Waals surface area contributed by atoms with Crippen LogP contribution in [0.2, 0.25) is 0 Å². The van der Waals surface area contributed by atoms with E-state index in [0.29, 0.717) is 5.92 Å². The maximum atomic E-state index is 6.18. The summed E-state index contributed by atoms with van der Waals surface area (Å²) in [4.78, 5) is 0. The highest BCUT2D eigenvalue weighted by Gasteiger charge is 2.17. The van der Waals surface area contributed by atoms with Crippen molar-refractivity contribution >= 4 is 0 Å². The average Bonchev–Trinajstić information content (AvgIpc) is 2.66. The lowest BCUT2D eigenvalue weighted by Gasteiger charge is -2.22. The second kappa shape index (κ2) is 6.38. The van der Waals surface area contributed by atoms with Crippen LogP contribution in [0, 0.1) is 12.8 Å². The van der Waals surface area contributed by atoms with Gasteiger partial charge >= 0.3 is 0 Å². The van der Waals surface area contributed by atoms with Crippen LogP contribution >= 0.6 is 0 Å². The minimum absolute atomic E-state index is 0.128. The van der Waals surface area contributed by atoms with Crippen LogP contribution in [-0.4, -0.2) is 6.04 Å². The lowest BCUT2D eigenvalue weighted by Crippen LogP contribution is -2.29. The van der Waals surface area contributed by atoms with Gasteiger partial charge in [0.25, 0.3) is 0 Å². The molecule has 1 aliphatic rings. The zero-order valence-corrected chi connectivity index (χ0v) is 11.6. The molecule has 0 saturated carbocycles. The first kappa shape index (κ1) is 13.6. The molecular weight excluding hydrogens is 230 g/mol. The summed E-state index contributed by atoms with van der Waals surface area (Å²) in [6, 6.07) is 8.84. The van der Waals surface area contributed by atoms with Crippen LogP contribution in [0.4, 0.5) is 0 Å². The summed E-state index contributed by atoms with van der Waals surface area (Å²) < 4.78 is 0. The fourth-order valence-corrected chi connectivity index (χ4v) is 2.30. The van der Waals surface area contributed by atoms with Gasteiger partial charge in [-0.05, 0) is 43.6 Å². The van der Waals surface area contributed by atoms with Crippen molar-refractivity contribution in [2.45, 2.75) is 26.3 Å². The Morgan fingerprint density at radius 1 is 1.16 bits per heavy atom. The van der Waals surface area contributed by atoms with Gasteiger partial charge in [-0.15, -0.1) is 5.73 Å². The third-order valence-corrected chi connectivity index (χ3v) is 3.49. The molecule has 0 amide bonds. The molecule has 0 radical (unpaired) electrons. The predicted molar refractivity (Wildman–Crippen MR) is 81.9 cm³/mol. The Labute approximate surface area is 115 Å². The van der Waals surface area contributed by atoms with Crippen molar-refractivity contribution < 1.29 is 0 Å². The van der Waals surface area contributed by atoms with Crippen molar-refractivity contribution in [3.63, 3.8) is 0 Å². The average molecular weight is 251 g/mol. The Balaban J connectivity index is 2.19. The van der Waals surface area contributed by atoms with Crippen LogP contribution in [0.25, 0.3) is 0 Å². The van der Waals surface area contributed by atoms with Crippen LogP contribution in [0.15, 0.2) is 65.9 Å². The monoisotopic (exact) mass is 251 g/mol.